The number of hydrogen-bond acceptors (Lipinski definition) is 2. The monoisotopic (exact) mass is 180 g/mol. The molecule has 0 saturated heterocycles. The maximum Gasteiger partial charge on any atom is 0.116 e. The highest BCUT2D eigenvalue weighted by Gasteiger charge is 2.11. The lowest BCUT2D eigenvalue weighted by atomic mass is 9.96. The van der Waals surface area contributed by atoms with E-state index in [0.29, 0.717) is 6.42 Å². The van der Waals surface area contributed by atoms with Gasteiger partial charge in [0.1, 0.15) is 5.75 Å². The largest absolute Gasteiger partial charge is 0.508 e. The van der Waals surface area contributed by atoms with Gasteiger partial charge in [0.25, 0.3) is 0 Å². The summed E-state index contributed by atoms with van der Waals surface area (Å²) in [5.41, 5.74) is 2.85. The third kappa shape index (κ3) is 2.01. The summed E-state index contributed by atoms with van der Waals surface area (Å²) >= 11 is 0. The molecule has 0 spiro atoms. The van der Waals surface area contributed by atoms with Crippen LogP contribution in [0.4, 0.5) is 0 Å². The molecule has 0 aliphatic carbocycles. The van der Waals surface area contributed by atoms with Crippen LogP contribution in [-0.4, -0.2) is 10.2 Å². The summed E-state index contributed by atoms with van der Waals surface area (Å²) in [4.78, 5) is 0. The molecule has 0 radical (unpaired) electrons. The number of aryl methyl sites for hydroxylation is 2. The number of phenolic OH excluding ortho intramolecular Hbond substituents is 1. The SMILES string of the molecule is CCC(O)c1c(C)cc(O)cc1C. The predicted molar refractivity (Wildman–Crippen MR) is 52.8 cm³/mol. The zero-order valence-electron chi connectivity index (χ0n) is 8.33. The standard InChI is InChI=1S/C11H16O2/c1-4-10(13)11-7(2)5-9(12)6-8(11)3/h5-6,10,12-13H,4H2,1-3H3. The smallest absolute Gasteiger partial charge is 0.116 e. The number of aromatic hydroxyl groups is 1. The zero-order valence-corrected chi connectivity index (χ0v) is 8.33. The van der Waals surface area contributed by atoms with E-state index in [1.807, 2.05) is 20.8 Å². The number of aliphatic hydroxyl groups is 1. The number of benzene rings is 1. The van der Waals surface area contributed by atoms with Gasteiger partial charge in [0.2, 0.25) is 0 Å². The van der Waals surface area contributed by atoms with E-state index in [4.69, 9.17) is 0 Å². The van der Waals surface area contributed by atoms with Gasteiger partial charge in [0.15, 0.2) is 0 Å². The van der Waals surface area contributed by atoms with Gasteiger partial charge in [0, 0.05) is 0 Å². The molecule has 0 aliphatic rings. The van der Waals surface area contributed by atoms with Crippen LogP contribution < -0.4 is 0 Å². The van der Waals surface area contributed by atoms with Crippen molar-refractivity contribution in [3.05, 3.63) is 28.8 Å². The van der Waals surface area contributed by atoms with E-state index < -0.39 is 6.10 Å². The summed E-state index contributed by atoms with van der Waals surface area (Å²) in [5, 5.41) is 19.0. The Morgan fingerprint density at radius 2 is 1.69 bits per heavy atom. The fraction of sp³-hybridized carbons (Fsp3) is 0.455. The fourth-order valence-electron chi connectivity index (χ4n) is 1.68. The first kappa shape index (κ1) is 10.1. The van der Waals surface area contributed by atoms with Gasteiger partial charge in [-0.15, -0.1) is 0 Å². The molecule has 2 nitrogen and oxygen atoms in total. The molecule has 0 aliphatic heterocycles. The van der Waals surface area contributed by atoms with Crippen molar-refractivity contribution in [2.24, 2.45) is 0 Å². The minimum Gasteiger partial charge on any atom is -0.508 e. The number of rotatable bonds is 2. The van der Waals surface area contributed by atoms with Crippen LogP contribution in [0, 0.1) is 13.8 Å². The maximum atomic E-state index is 9.70. The first-order valence-electron chi connectivity index (χ1n) is 4.54. The summed E-state index contributed by atoms with van der Waals surface area (Å²) in [6.07, 6.45) is 0.285. The van der Waals surface area contributed by atoms with E-state index in [0.717, 1.165) is 16.7 Å². The van der Waals surface area contributed by atoms with Gasteiger partial charge in [-0.25, -0.2) is 0 Å². The van der Waals surface area contributed by atoms with Crippen LogP contribution in [0.1, 0.15) is 36.1 Å². The average Bonchev–Trinajstić information content (AvgIpc) is 2.02. The van der Waals surface area contributed by atoms with Crippen LogP contribution in [-0.2, 0) is 0 Å². The Morgan fingerprint density at radius 3 is 2.08 bits per heavy atom. The quantitative estimate of drug-likeness (QED) is 0.734. The van der Waals surface area contributed by atoms with E-state index in [1.54, 1.807) is 12.1 Å². The van der Waals surface area contributed by atoms with Crippen LogP contribution >= 0.6 is 0 Å². The molecule has 0 fully saturated rings. The summed E-state index contributed by atoms with van der Waals surface area (Å²) in [5.74, 6) is 0.266. The second-order valence-electron chi connectivity index (χ2n) is 3.42. The van der Waals surface area contributed by atoms with Crippen LogP contribution in [0.5, 0.6) is 5.75 Å². The highest BCUT2D eigenvalue weighted by atomic mass is 16.3. The van der Waals surface area contributed by atoms with E-state index in [-0.39, 0.29) is 5.75 Å². The molecule has 0 heterocycles. The van der Waals surface area contributed by atoms with Crippen molar-refractivity contribution in [2.75, 3.05) is 0 Å². The molecule has 0 aromatic heterocycles. The molecule has 1 aromatic carbocycles. The van der Waals surface area contributed by atoms with Gasteiger partial charge in [-0.05, 0) is 49.1 Å². The third-order valence-corrected chi connectivity index (χ3v) is 2.30. The normalized spacial score (nSPS) is 12.9. The summed E-state index contributed by atoms with van der Waals surface area (Å²) < 4.78 is 0. The lowest BCUT2D eigenvalue weighted by Gasteiger charge is -2.15. The molecule has 0 saturated carbocycles. The molecule has 1 rings (SSSR count). The Balaban J connectivity index is 3.20. The van der Waals surface area contributed by atoms with Crippen molar-refractivity contribution in [3.63, 3.8) is 0 Å². The van der Waals surface area contributed by atoms with E-state index in [9.17, 15) is 10.2 Å². The Labute approximate surface area is 78.8 Å². The van der Waals surface area contributed by atoms with Crippen LogP contribution in [0.25, 0.3) is 0 Å². The van der Waals surface area contributed by atoms with Crippen LogP contribution in [0.3, 0.4) is 0 Å². The van der Waals surface area contributed by atoms with Gasteiger partial charge in [0.05, 0.1) is 6.10 Å². The molecule has 2 N–H and O–H groups in total. The van der Waals surface area contributed by atoms with Crippen LogP contribution in [0.2, 0.25) is 0 Å². The number of aliphatic hydroxyl groups excluding tert-OH is 1. The molecule has 13 heavy (non-hydrogen) atoms. The maximum absolute atomic E-state index is 9.70. The zero-order chi connectivity index (χ0) is 10.0. The van der Waals surface area contributed by atoms with E-state index in [1.165, 1.54) is 0 Å². The lowest BCUT2D eigenvalue weighted by Crippen LogP contribution is -2.01. The Morgan fingerprint density at radius 1 is 1.23 bits per heavy atom. The van der Waals surface area contributed by atoms with E-state index in [2.05, 4.69) is 0 Å². The van der Waals surface area contributed by atoms with Crippen molar-refractivity contribution >= 4 is 0 Å². The average molecular weight is 180 g/mol. The van der Waals surface area contributed by atoms with Crippen molar-refractivity contribution in [3.8, 4) is 5.75 Å². The summed E-state index contributed by atoms with van der Waals surface area (Å²) in [6, 6.07) is 3.36. The van der Waals surface area contributed by atoms with Crippen LogP contribution in [0.15, 0.2) is 12.1 Å². The molecule has 72 valence electrons. The summed E-state index contributed by atoms with van der Waals surface area (Å²) in [7, 11) is 0. The fourth-order valence-corrected chi connectivity index (χ4v) is 1.68. The lowest BCUT2D eigenvalue weighted by molar-refractivity contribution is 0.172. The molecule has 1 atom stereocenters. The van der Waals surface area contributed by atoms with Crippen molar-refractivity contribution in [1.29, 1.82) is 0 Å². The van der Waals surface area contributed by atoms with Gasteiger partial charge >= 0.3 is 0 Å². The molecule has 2 heteroatoms. The van der Waals surface area contributed by atoms with Crippen molar-refractivity contribution in [1.82, 2.24) is 0 Å². The third-order valence-electron chi connectivity index (χ3n) is 2.30. The predicted octanol–water partition coefficient (Wildman–Crippen LogP) is 2.45. The minimum absolute atomic E-state index is 0.266. The number of phenols is 1. The van der Waals surface area contributed by atoms with Gasteiger partial charge < -0.3 is 10.2 Å². The van der Waals surface area contributed by atoms with Gasteiger partial charge in [-0.3, -0.25) is 0 Å². The second-order valence-corrected chi connectivity index (χ2v) is 3.42. The topological polar surface area (TPSA) is 40.5 Å². The summed E-state index contributed by atoms with van der Waals surface area (Å²) in [6.45, 7) is 5.75. The first-order valence-corrected chi connectivity index (χ1v) is 4.54. The van der Waals surface area contributed by atoms with Crippen molar-refractivity contribution < 1.29 is 10.2 Å². The van der Waals surface area contributed by atoms with E-state index >= 15 is 0 Å². The molecular weight excluding hydrogens is 164 g/mol. The molecule has 1 unspecified atom stereocenters. The Hall–Kier alpha value is -1.02. The van der Waals surface area contributed by atoms with Gasteiger partial charge in [-0.1, -0.05) is 6.92 Å². The van der Waals surface area contributed by atoms with Crippen molar-refractivity contribution in [2.45, 2.75) is 33.3 Å². The molecule has 0 amide bonds. The highest BCUT2D eigenvalue weighted by Crippen LogP contribution is 2.27. The molecule has 1 aromatic rings. The molecule has 0 bridgehead atoms. The molecular formula is C11H16O2. The van der Waals surface area contributed by atoms with Gasteiger partial charge in [-0.2, -0.15) is 0 Å². The minimum atomic E-state index is -0.416. The first-order chi connectivity index (χ1) is 6.06. The number of hydrogen-bond donors (Lipinski definition) is 2. The Kier molecular flexibility index (Phi) is 2.94. The Bertz CT molecular complexity index is 282. The highest BCUT2D eigenvalue weighted by molar-refractivity contribution is 5.41. The second kappa shape index (κ2) is 3.79.